The number of ether oxygens (including phenoxy) is 2. The van der Waals surface area contributed by atoms with Crippen LogP contribution in [0.25, 0.3) is 0 Å². The molecule has 0 radical (unpaired) electrons. The fourth-order valence-electron chi connectivity index (χ4n) is 4.03. The molecule has 1 aromatic carbocycles. The molecule has 2 aliphatic rings. The SMILES string of the molecule is COc1ccc(CCN2c3nc(N4CCOCC4)cc(=O)n3C[C@]2(C)C(F)(F)F)cc1. The lowest BCUT2D eigenvalue weighted by molar-refractivity contribution is -0.182. The van der Waals surface area contributed by atoms with Crippen LogP contribution in [0.3, 0.4) is 0 Å². The van der Waals surface area contributed by atoms with Crippen molar-refractivity contribution in [1.29, 1.82) is 0 Å². The molecule has 168 valence electrons. The average molecular weight is 438 g/mol. The Bertz CT molecular complexity index is 987. The molecular formula is C21H25F3N4O3. The molecular weight excluding hydrogens is 413 g/mol. The third-order valence-electron chi connectivity index (χ3n) is 6.01. The minimum absolute atomic E-state index is 0.0577. The van der Waals surface area contributed by atoms with Crippen LogP contribution in [0, 0.1) is 0 Å². The third-order valence-corrected chi connectivity index (χ3v) is 6.01. The lowest BCUT2D eigenvalue weighted by atomic mass is 10.00. The van der Waals surface area contributed by atoms with Crippen LogP contribution in [0.1, 0.15) is 12.5 Å². The highest BCUT2D eigenvalue weighted by Crippen LogP contribution is 2.43. The first-order valence-electron chi connectivity index (χ1n) is 10.1. The Kier molecular flexibility index (Phi) is 5.59. The summed E-state index contributed by atoms with van der Waals surface area (Å²) in [6.45, 7) is 2.77. The molecule has 0 unspecified atom stereocenters. The molecule has 1 saturated heterocycles. The smallest absolute Gasteiger partial charge is 0.413 e. The van der Waals surface area contributed by atoms with Crippen LogP contribution in [0.2, 0.25) is 0 Å². The lowest BCUT2D eigenvalue weighted by Gasteiger charge is -2.37. The molecule has 0 bridgehead atoms. The van der Waals surface area contributed by atoms with E-state index in [1.54, 1.807) is 19.2 Å². The molecule has 2 aliphatic heterocycles. The number of anilines is 2. The van der Waals surface area contributed by atoms with Crippen molar-refractivity contribution in [3.63, 3.8) is 0 Å². The van der Waals surface area contributed by atoms with E-state index in [0.717, 1.165) is 17.1 Å². The van der Waals surface area contributed by atoms with Gasteiger partial charge in [0.25, 0.3) is 5.56 Å². The molecule has 7 nitrogen and oxygen atoms in total. The quantitative estimate of drug-likeness (QED) is 0.715. The maximum atomic E-state index is 14.1. The van der Waals surface area contributed by atoms with Crippen LogP contribution in [-0.2, 0) is 17.7 Å². The summed E-state index contributed by atoms with van der Waals surface area (Å²) in [6, 6.07) is 8.51. The first-order chi connectivity index (χ1) is 14.7. The van der Waals surface area contributed by atoms with Gasteiger partial charge in [0.2, 0.25) is 5.95 Å². The number of alkyl halides is 3. The fourth-order valence-corrected chi connectivity index (χ4v) is 4.03. The van der Waals surface area contributed by atoms with Gasteiger partial charge in [0.05, 0.1) is 26.9 Å². The Hall–Kier alpha value is -2.75. The van der Waals surface area contributed by atoms with E-state index >= 15 is 0 Å². The van der Waals surface area contributed by atoms with Gasteiger partial charge < -0.3 is 19.3 Å². The van der Waals surface area contributed by atoms with Gasteiger partial charge in [-0.05, 0) is 31.0 Å². The van der Waals surface area contributed by atoms with Gasteiger partial charge in [-0.1, -0.05) is 12.1 Å². The molecule has 0 N–H and O–H groups in total. The molecule has 2 aromatic rings. The number of morpholine rings is 1. The van der Waals surface area contributed by atoms with E-state index in [1.807, 2.05) is 17.0 Å². The number of hydrogen-bond acceptors (Lipinski definition) is 6. The van der Waals surface area contributed by atoms with Crippen molar-refractivity contribution >= 4 is 11.8 Å². The minimum atomic E-state index is -4.54. The van der Waals surface area contributed by atoms with E-state index in [4.69, 9.17) is 9.47 Å². The number of benzene rings is 1. The highest BCUT2D eigenvalue weighted by Gasteiger charge is 2.59. The number of methoxy groups -OCH3 is 1. The molecule has 10 heteroatoms. The van der Waals surface area contributed by atoms with Crippen molar-refractivity contribution in [2.75, 3.05) is 49.8 Å². The highest BCUT2D eigenvalue weighted by atomic mass is 19.4. The number of rotatable bonds is 5. The molecule has 1 aromatic heterocycles. The summed E-state index contributed by atoms with van der Waals surface area (Å²) in [6.07, 6.45) is -4.17. The van der Waals surface area contributed by atoms with Crippen LogP contribution in [0.15, 0.2) is 35.1 Å². The topological polar surface area (TPSA) is 59.8 Å². The summed E-state index contributed by atoms with van der Waals surface area (Å²) < 4.78 is 54.0. The Balaban J connectivity index is 1.68. The highest BCUT2D eigenvalue weighted by molar-refractivity contribution is 5.50. The number of fused-ring (bicyclic) bond motifs is 1. The molecule has 0 amide bonds. The number of nitrogens with zero attached hydrogens (tertiary/aromatic N) is 4. The summed E-state index contributed by atoms with van der Waals surface area (Å²) in [5.74, 6) is 1.13. The number of aromatic nitrogens is 2. The van der Waals surface area contributed by atoms with Gasteiger partial charge in [-0.25, -0.2) is 0 Å². The van der Waals surface area contributed by atoms with Crippen LogP contribution < -0.4 is 20.1 Å². The summed E-state index contributed by atoms with van der Waals surface area (Å²) in [7, 11) is 1.56. The maximum Gasteiger partial charge on any atom is 0.413 e. The summed E-state index contributed by atoms with van der Waals surface area (Å²) in [4.78, 5) is 20.3. The first kappa shape index (κ1) is 21.5. The Morgan fingerprint density at radius 2 is 1.87 bits per heavy atom. The standard InChI is InChI=1S/C21H25F3N4O3/c1-20(21(22,23)24)14-27-18(29)13-17(26-9-11-31-12-10-26)25-19(27)28(20)8-7-15-3-5-16(30-2)6-4-15/h3-6,13H,7-12,14H2,1-2H3/t20-/m1/s1. The van der Waals surface area contributed by atoms with E-state index in [2.05, 4.69) is 4.98 Å². The lowest BCUT2D eigenvalue weighted by Crippen LogP contribution is -2.56. The zero-order valence-corrected chi connectivity index (χ0v) is 17.5. The second-order valence-electron chi connectivity index (χ2n) is 7.96. The Labute approximate surface area is 178 Å². The van der Waals surface area contributed by atoms with Crippen molar-refractivity contribution in [3.05, 3.63) is 46.2 Å². The van der Waals surface area contributed by atoms with Crippen molar-refractivity contribution < 1.29 is 22.6 Å². The van der Waals surface area contributed by atoms with Gasteiger partial charge >= 0.3 is 6.18 Å². The fraction of sp³-hybridized carbons (Fsp3) is 0.524. The summed E-state index contributed by atoms with van der Waals surface area (Å²) in [5, 5.41) is 0. The molecule has 31 heavy (non-hydrogen) atoms. The molecule has 0 spiro atoms. The van der Waals surface area contributed by atoms with Crippen LogP contribution in [-0.4, -0.2) is 61.2 Å². The molecule has 1 fully saturated rings. The minimum Gasteiger partial charge on any atom is -0.497 e. The number of halogens is 3. The van der Waals surface area contributed by atoms with E-state index in [0.29, 0.717) is 44.3 Å². The first-order valence-corrected chi connectivity index (χ1v) is 10.1. The third kappa shape index (κ3) is 3.96. The van der Waals surface area contributed by atoms with Gasteiger partial charge in [0.1, 0.15) is 11.6 Å². The summed E-state index contributed by atoms with van der Waals surface area (Å²) in [5.41, 5.74) is -1.83. The normalized spacial score (nSPS) is 21.3. The maximum absolute atomic E-state index is 14.1. The Morgan fingerprint density at radius 3 is 2.48 bits per heavy atom. The molecule has 0 aliphatic carbocycles. The van der Waals surface area contributed by atoms with Gasteiger partial charge in [-0.3, -0.25) is 9.36 Å². The van der Waals surface area contributed by atoms with Crippen molar-refractivity contribution in [1.82, 2.24) is 9.55 Å². The van der Waals surface area contributed by atoms with Crippen molar-refractivity contribution in [2.45, 2.75) is 31.6 Å². The number of hydrogen-bond donors (Lipinski definition) is 0. The predicted molar refractivity (Wildman–Crippen MR) is 110 cm³/mol. The zero-order chi connectivity index (χ0) is 22.2. The monoisotopic (exact) mass is 438 g/mol. The van der Waals surface area contributed by atoms with Crippen LogP contribution in [0.5, 0.6) is 5.75 Å². The van der Waals surface area contributed by atoms with Crippen LogP contribution >= 0.6 is 0 Å². The average Bonchev–Trinajstić information content (AvgIpc) is 3.06. The van der Waals surface area contributed by atoms with E-state index in [1.165, 1.54) is 11.0 Å². The largest absolute Gasteiger partial charge is 0.497 e. The van der Waals surface area contributed by atoms with Crippen LogP contribution in [0.4, 0.5) is 24.9 Å². The van der Waals surface area contributed by atoms with E-state index in [-0.39, 0.29) is 12.5 Å². The zero-order valence-electron chi connectivity index (χ0n) is 17.5. The molecule has 4 rings (SSSR count). The summed E-state index contributed by atoms with van der Waals surface area (Å²) >= 11 is 0. The van der Waals surface area contributed by atoms with Gasteiger partial charge in [0.15, 0.2) is 5.54 Å². The van der Waals surface area contributed by atoms with Gasteiger partial charge in [-0.15, -0.1) is 0 Å². The molecule has 3 heterocycles. The van der Waals surface area contributed by atoms with Gasteiger partial charge in [0, 0.05) is 25.7 Å². The molecule has 1 atom stereocenters. The van der Waals surface area contributed by atoms with E-state index < -0.39 is 23.8 Å². The second-order valence-corrected chi connectivity index (χ2v) is 7.96. The molecule has 0 saturated carbocycles. The van der Waals surface area contributed by atoms with Crippen molar-refractivity contribution in [2.24, 2.45) is 0 Å². The second kappa shape index (κ2) is 8.07. The van der Waals surface area contributed by atoms with Crippen molar-refractivity contribution in [3.8, 4) is 5.75 Å². The predicted octanol–water partition coefficient (Wildman–Crippen LogP) is 2.47. The Morgan fingerprint density at radius 1 is 1.19 bits per heavy atom. The van der Waals surface area contributed by atoms with E-state index in [9.17, 15) is 18.0 Å². The van der Waals surface area contributed by atoms with Gasteiger partial charge in [-0.2, -0.15) is 18.2 Å².